The fourth-order valence-corrected chi connectivity index (χ4v) is 3.05. The first-order valence-corrected chi connectivity index (χ1v) is 10.1. The summed E-state index contributed by atoms with van der Waals surface area (Å²) < 4.78 is 13.9. The number of aromatic nitrogens is 1. The lowest BCUT2D eigenvalue weighted by Gasteiger charge is -2.17. The number of rotatable bonds is 9. The standard InChI is InChI=1S/C22H22ClFN6O2/c1-2-26-11-14(10-25)20(31)30-22(8-9-22)21(32)28-12-15-6-7-16(13-27-15)29-19-17(23)4-3-5-18(19)24/h2-7,10-11,13,29H,1,8-9,12,25H2,(H,28,32)(H,30,31)/b14-10+,26-11?. The van der Waals surface area contributed by atoms with E-state index in [0.717, 1.165) is 6.20 Å². The Morgan fingerprint density at radius 2 is 2.09 bits per heavy atom. The second-order valence-corrected chi connectivity index (χ2v) is 7.47. The summed E-state index contributed by atoms with van der Waals surface area (Å²) in [5, 5.41) is 8.62. The normalized spacial score (nSPS) is 14.6. The second-order valence-electron chi connectivity index (χ2n) is 7.06. The monoisotopic (exact) mass is 456 g/mol. The van der Waals surface area contributed by atoms with Gasteiger partial charge in [0.15, 0.2) is 0 Å². The molecule has 1 heterocycles. The molecule has 2 amide bonds. The highest BCUT2D eigenvalue weighted by Gasteiger charge is 2.51. The molecule has 1 aromatic heterocycles. The van der Waals surface area contributed by atoms with E-state index in [9.17, 15) is 14.0 Å². The molecule has 1 aliphatic carbocycles. The summed E-state index contributed by atoms with van der Waals surface area (Å²) in [5.41, 5.74) is 5.89. The Balaban J connectivity index is 1.56. The number of halogens is 2. The molecule has 0 bridgehead atoms. The summed E-state index contributed by atoms with van der Waals surface area (Å²) >= 11 is 6.01. The molecule has 1 fully saturated rings. The number of nitrogens with one attached hydrogen (secondary N) is 3. The van der Waals surface area contributed by atoms with Crippen molar-refractivity contribution >= 4 is 41.0 Å². The van der Waals surface area contributed by atoms with Gasteiger partial charge in [0, 0.05) is 18.6 Å². The van der Waals surface area contributed by atoms with E-state index >= 15 is 0 Å². The number of nitrogens with zero attached hydrogens (tertiary/aromatic N) is 2. The third-order valence-electron chi connectivity index (χ3n) is 4.79. The van der Waals surface area contributed by atoms with Crippen molar-refractivity contribution in [1.29, 1.82) is 0 Å². The first-order valence-electron chi connectivity index (χ1n) is 9.71. The van der Waals surface area contributed by atoms with Crippen molar-refractivity contribution < 1.29 is 14.0 Å². The summed E-state index contributed by atoms with van der Waals surface area (Å²) in [6, 6.07) is 7.79. The van der Waals surface area contributed by atoms with E-state index in [4.69, 9.17) is 17.3 Å². The van der Waals surface area contributed by atoms with Crippen LogP contribution in [0.2, 0.25) is 5.02 Å². The van der Waals surface area contributed by atoms with E-state index in [0.29, 0.717) is 24.2 Å². The Morgan fingerprint density at radius 1 is 1.31 bits per heavy atom. The van der Waals surface area contributed by atoms with Gasteiger partial charge in [-0.15, -0.1) is 0 Å². The molecule has 2 aromatic rings. The predicted octanol–water partition coefficient (Wildman–Crippen LogP) is 2.94. The number of aliphatic imine (C=N–C) groups is 1. The Hall–Kier alpha value is -3.72. The Morgan fingerprint density at radius 3 is 2.69 bits per heavy atom. The van der Waals surface area contributed by atoms with Gasteiger partial charge in [0.25, 0.3) is 5.91 Å². The number of benzene rings is 1. The number of nitrogens with two attached hydrogens (primary N) is 1. The van der Waals surface area contributed by atoms with E-state index < -0.39 is 17.3 Å². The molecule has 1 aromatic carbocycles. The van der Waals surface area contributed by atoms with Crippen LogP contribution in [0.3, 0.4) is 0 Å². The zero-order chi connectivity index (χ0) is 23.1. The van der Waals surface area contributed by atoms with Gasteiger partial charge in [-0.05, 0) is 37.1 Å². The van der Waals surface area contributed by atoms with Crippen LogP contribution < -0.4 is 21.7 Å². The van der Waals surface area contributed by atoms with Crippen LogP contribution in [0.25, 0.3) is 0 Å². The van der Waals surface area contributed by atoms with Crippen molar-refractivity contribution in [3.8, 4) is 0 Å². The Labute approximate surface area is 189 Å². The number of carbonyl (C=O) groups is 2. The van der Waals surface area contributed by atoms with E-state index in [1.165, 1.54) is 30.7 Å². The van der Waals surface area contributed by atoms with Gasteiger partial charge in [0.2, 0.25) is 5.91 Å². The minimum Gasteiger partial charge on any atom is -0.404 e. The quantitative estimate of drug-likeness (QED) is 0.341. The fourth-order valence-electron chi connectivity index (χ4n) is 2.84. The maximum Gasteiger partial charge on any atom is 0.255 e. The molecule has 0 aliphatic heterocycles. The molecule has 166 valence electrons. The molecular formula is C22H22ClFN6O2. The molecule has 1 aliphatic rings. The molecule has 5 N–H and O–H groups in total. The molecule has 8 nitrogen and oxygen atoms in total. The summed E-state index contributed by atoms with van der Waals surface area (Å²) in [6.07, 6.45) is 6.20. The van der Waals surface area contributed by atoms with Crippen LogP contribution >= 0.6 is 11.6 Å². The lowest BCUT2D eigenvalue weighted by atomic mass is 10.2. The molecule has 0 saturated heterocycles. The predicted molar refractivity (Wildman–Crippen MR) is 122 cm³/mol. The van der Waals surface area contributed by atoms with Crippen LogP contribution in [0, 0.1) is 5.82 Å². The molecule has 0 unspecified atom stereocenters. The van der Waals surface area contributed by atoms with Crippen LogP contribution in [0.4, 0.5) is 15.8 Å². The number of amides is 2. The highest BCUT2D eigenvalue weighted by molar-refractivity contribution is 6.33. The number of para-hydroxylation sites is 1. The highest BCUT2D eigenvalue weighted by atomic mass is 35.5. The average molecular weight is 457 g/mol. The zero-order valence-corrected chi connectivity index (χ0v) is 17.8. The third kappa shape index (κ3) is 5.50. The molecule has 32 heavy (non-hydrogen) atoms. The largest absolute Gasteiger partial charge is 0.404 e. The summed E-state index contributed by atoms with van der Waals surface area (Å²) in [7, 11) is 0. The van der Waals surface area contributed by atoms with E-state index in [2.05, 4.69) is 32.5 Å². The van der Waals surface area contributed by atoms with Crippen molar-refractivity contribution in [3.63, 3.8) is 0 Å². The lowest BCUT2D eigenvalue weighted by molar-refractivity contribution is -0.128. The van der Waals surface area contributed by atoms with Crippen LogP contribution in [0.5, 0.6) is 0 Å². The highest BCUT2D eigenvalue weighted by Crippen LogP contribution is 2.36. The van der Waals surface area contributed by atoms with Gasteiger partial charge in [-0.3, -0.25) is 19.6 Å². The molecule has 0 spiro atoms. The van der Waals surface area contributed by atoms with Gasteiger partial charge in [-0.2, -0.15) is 0 Å². The molecular weight excluding hydrogens is 435 g/mol. The van der Waals surface area contributed by atoms with Crippen molar-refractivity contribution in [2.45, 2.75) is 24.9 Å². The first kappa shape index (κ1) is 23.0. The lowest BCUT2D eigenvalue weighted by Crippen LogP contribution is -2.49. The summed E-state index contributed by atoms with van der Waals surface area (Å²) in [5.74, 6) is -1.29. The third-order valence-corrected chi connectivity index (χ3v) is 5.10. The van der Waals surface area contributed by atoms with E-state index in [1.54, 1.807) is 18.2 Å². The van der Waals surface area contributed by atoms with Crippen LogP contribution in [0.15, 0.2) is 66.1 Å². The van der Waals surface area contributed by atoms with Gasteiger partial charge in [-0.25, -0.2) is 4.39 Å². The van der Waals surface area contributed by atoms with E-state index in [1.807, 2.05) is 0 Å². The van der Waals surface area contributed by atoms with Crippen LogP contribution in [-0.4, -0.2) is 28.6 Å². The smallest absolute Gasteiger partial charge is 0.255 e. The zero-order valence-electron chi connectivity index (χ0n) is 17.1. The number of hydrogen-bond acceptors (Lipinski definition) is 6. The van der Waals surface area contributed by atoms with Gasteiger partial charge in [-0.1, -0.05) is 24.2 Å². The topological polar surface area (TPSA) is 121 Å². The van der Waals surface area contributed by atoms with Crippen molar-refractivity contribution in [2.24, 2.45) is 10.7 Å². The van der Waals surface area contributed by atoms with Gasteiger partial charge >= 0.3 is 0 Å². The number of anilines is 2. The minimum atomic E-state index is -0.976. The number of carbonyl (C=O) groups excluding carboxylic acids is 2. The molecule has 1 saturated carbocycles. The van der Waals surface area contributed by atoms with Gasteiger partial charge < -0.3 is 21.7 Å². The summed E-state index contributed by atoms with van der Waals surface area (Å²) in [6.45, 7) is 3.60. The average Bonchev–Trinajstić information content (AvgIpc) is 3.56. The maximum absolute atomic E-state index is 13.9. The van der Waals surface area contributed by atoms with Crippen molar-refractivity contribution in [2.75, 3.05) is 5.32 Å². The second kappa shape index (κ2) is 10.1. The molecule has 0 atom stereocenters. The Bertz CT molecular complexity index is 1060. The maximum atomic E-state index is 13.9. The number of pyridine rings is 1. The molecule has 10 heteroatoms. The van der Waals surface area contributed by atoms with E-state index in [-0.39, 0.29) is 28.7 Å². The van der Waals surface area contributed by atoms with Gasteiger partial charge in [0.05, 0.1) is 40.4 Å². The SMILES string of the molecule is C=CN=C/C(=C\N)C(=O)NC1(C(=O)NCc2ccc(Nc3c(F)cccc3Cl)cn2)CC1. The van der Waals surface area contributed by atoms with Crippen LogP contribution in [0.1, 0.15) is 18.5 Å². The van der Waals surface area contributed by atoms with Crippen molar-refractivity contribution in [1.82, 2.24) is 15.6 Å². The molecule has 0 radical (unpaired) electrons. The first-order chi connectivity index (χ1) is 15.4. The Kier molecular flexibility index (Phi) is 7.21. The minimum absolute atomic E-state index is 0.128. The van der Waals surface area contributed by atoms with Crippen molar-refractivity contribution in [3.05, 3.63) is 77.6 Å². The van der Waals surface area contributed by atoms with Crippen LogP contribution in [-0.2, 0) is 16.1 Å². The fraction of sp³-hybridized carbons (Fsp3) is 0.182. The molecule has 3 rings (SSSR count). The van der Waals surface area contributed by atoms with Gasteiger partial charge in [0.1, 0.15) is 11.4 Å². The summed E-state index contributed by atoms with van der Waals surface area (Å²) in [4.78, 5) is 33.0. The number of hydrogen-bond donors (Lipinski definition) is 4.